The van der Waals surface area contributed by atoms with E-state index in [2.05, 4.69) is 4.99 Å². The van der Waals surface area contributed by atoms with Gasteiger partial charge in [-0.1, -0.05) is 35.0 Å². The number of carboxylic acid groups (broad SMARTS) is 2. The Morgan fingerprint density at radius 2 is 1.72 bits per heavy atom. The zero-order valence-corrected chi connectivity index (χ0v) is 20.1. The lowest BCUT2D eigenvalue weighted by Gasteiger charge is -2.16. The summed E-state index contributed by atoms with van der Waals surface area (Å²) in [5.41, 5.74) is -4.84. The Morgan fingerprint density at radius 3 is 2.28 bits per heavy atom. The Balaban J connectivity index is 2.18. The number of aliphatic carboxylic acids is 2. The predicted octanol–water partition coefficient (Wildman–Crippen LogP) is 2.35. The fourth-order valence-corrected chi connectivity index (χ4v) is 4.82. The summed E-state index contributed by atoms with van der Waals surface area (Å²) in [6, 6.07) is 2.23. The van der Waals surface area contributed by atoms with Gasteiger partial charge in [-0.05, 0) is 12.1 Å². The van der Waals surface area contributed by atoms with Crippen molar-refractivity contribution < 1.29 is 37.8 Å². The van der Waals surface area contributed by atoms with Gasteiger partial charge in [-0.25, -0.2) is 14.4 Å². The summed E-state index contributed by atoms with van der Waals surface area (Å²) in [6.45, 7) is -0.849. The molecule has 1 saturated heterocycles. The van der Waals surface area contributed by atoms with Crippen molar-refractivity contribution in [3.05, 3.63) is 54.8 Å². The molecule has 17 heteroatoms. The molecule has 1 aliphatic heterocycles. The molecule has 2 N–H and O–H groups in total. The molecule has 0 aliphatic carbocycles. The lowest BCUT2D eigenvalue weighted by molar-refractivity contribution is -0.144. The van der Waals surface area contributed by atoms with Gasteiger partial charge in [-0.2, -0.15) is 13.2 Å². The molecule has 192 valence electrons. The molecule has 1 atom stereocenters. The quantitative estimate of drug-likeness (QED) is 0.538. The smallest absolute Gasteiger partial charge is 0.431 e. The average Bonchev–Trinajstić information content (AvgIpc) is 3.00. The third-order valence-corrected chi connectivity index (χ3v) is 6.54. The van der Waals surface area contributed by atoms with E-state index in [4.69, 9.17) is 33.4 Å². The van der Waals surface area contributed by atoms with Gasteiger partial charge < -0.3 is 10.2 Å². The standard InChI is InChI=1S/C19H13Cl2F3N4O7S/c1-26-12(19(22,23)24)5-13(29)28(18(26)35)10-3-9(7(20)2-8(10)21)25-17-27(6-15(32)33)16(34)11(36-17)4-14(30)31/h2-3,5,11H,4,6H2,1H3,(H,30,31)(H,32,33). The molecule has 11 nitrogen and oxygen atoms in total. The fourth-order valence-electron chi connectivity index (χ4n) is 3.17. The second-order valence-corrected chi connectivity index (χ2v) is 9.20. The number of alkyl halides is 3. The number of hydrogen-bond donors (Lipinski definition) is 2. The highest BCUT2D eigenvalue weighted by atomic mass is 35.5. The van der Waals surface area contributed by atoms with E-state index in [1.54, 1.807) is 0 Å². The van der Waals surface area contributed by atoms with Crippen molar-refractivity contribution in [1.82, 2.24) is 14.0 Å². The molecular weight excluding hydrogens is 556 g/mol. The van der Waals surface area contributed by atoms with Gasteiger partial charge in [0.25, 0.3) is 5.56 Å². The number of halogens is 5. The van der Waals surface area contributed by atoms with E-state index in [1.807, 2.05) is 0 Å². The lowest BCUT2D eigenvalue weighted by Crippen LogP contribution is -2.40. The molecule has 0 bridgehead atoms. The van der Waals surface area contributed by atoms with Gasteiger partial charge >= 0.3 is 23.8 Å². The van der Waals surface area contributed by atoms with Crippen LogP contribution in [0.4, 0.5) is 18.9 Å². The number of rotatable bonds is 6. The van der Waals surface area contributed by atoms with Gasteiger partial charge in [0.05, 0.1) is 27.8 Å². The topological polar surface area (TPSA) is 151 Å². The van der Waals surface area contributed by atoms with E-state index in [0.717, 1.165) is 19.2 Å². The van der Waals surface area contributed by atoms with Gasteiger partial charge in [0, 0.05) is 13.1 Å². The zero-order chi connectivity index (χ0) is 27.1. The number of thioether (sulfide) groups is 1. The van der Waals surface area contributed by atoms with Crippen LogP contribution in [0.5, 0.6) is 0 Å². The molecular formula is C19H13Cl2F3N4O7S. The van der Waals surface area contributed by atoms with Gasteiger partial charge in [-0.3, -0.25) is 28.6 Å². The summed E-state index contributed by atoms with van der Waals surface area (Å²) in [5.74, 6) is -3.57. The lowest BCUT2D eigenvalue weighted by atomic mass is 10.2. The number of amidine groups is 1. The molecule has 2 aromatic rings. The van der Waals surface area contributed by atoms with Crippen LogP contribution in [-0.4, -0.2) is 59.1 Å². The van der Waals surface area contributed by atoms with Crippen LogP contribution in [0.15, 0.2) is 32.8 Å². The van der Waals surface area contributed by atoms with Crippen LogP contribution in [0.2, 0.25) is 10.0 Å². The van der Waals surface area contributed by atoms with Crippen molar-refractivity contribution in [2.24, 2.45) is 12.0 Å². The Hall–Kier alpha value is -3.30. The zero-order valence-electron chi connectivity index (χ0n) is 17.7. The first-order valence-electron chi connectivity index (χ1n) is 9.51. The maximum absolute atomic E-state index is 13.2. The number of aromatic nitrogens is 2. The first-order chi connectivity index (χ1) is 16.6. The second-order valence-electron chi connectivity index (χ2n) is 7.21. The number of aliphatic imine (C=N–C) groups is 1. The predicted molar refractivity (Wildman–Crippen MR) is 122 cm³/mol. The van der Waals surface area contributed by atoms with Crippen molar-refractivity contribution in [1.29, 1.82) is 0 Å². The summed E-state index contributed by atoms with van der Waals surface area (Å²) in [5, 5.41) is 16.2. The maximum Gasteiger partial charge on any atom is 0.431 e. The normalized spacial score (nSPS) is 17.2. The van der Waals surface area contributed by atoms with E-state index in [1.165, 1.54) is 0 Å². The molecule has 1 fully saturated rings. The second kappa shape index (κ2) is 9.99. The van der Waals surface area contributed by atoms with Crippen LogP contribution in [-0.2, 0) is 27.6 Å². The highest BCUT2D eigenvalue weighted by Gasteiger charge is 2.40. The molecule has 36 heavy (non-hydrogen) atoms. The Morgan fingerprint density at radius 1 is 1.08 bits per heavy atom. The van der Waals surface area contributed by atoms with E-state index in [-0.39, 0.29) is 37.2 Å². The summed E-state index contributed by atoms with van der Waals surface area (Å²) in [7, 11) is 0.805. The molecule has 1 aliphatic rings. The summed E-state index contributed by atoms with van der Waals surface area (Å²) in [6.07, 6.45) is -5.62. The molecule has 1 unspecified atom stereocenters. The van der Waals surface area contributed by atoms with Crippen LogP contribution in [0.3, 0.4) is 0 Å². The molecule has 1 aromatic heterocycles. The number of carbonyl (C=O) groups is 3. The molecule has 0 radical (unpaired) electrons. The fraction of sp³-hybridized carbons (Fsp3) is 0.263. The van der Waals surface area contributed by atoms with E-state index in [9.17, 15) is 37.1 Å². The molecule has 0 saturated carbocycles. The van der Waals surface area contributed by atoms with Crippen molar-refractivity contribution in [2.75, 3.05) is 6.54 Å². The summed E-state index contributed by atoms with van der Waals surface area (Å²) in [4.78, 5) is 64.7. The van der Waals surface area contributed by atoms with Crippen molar-refractivity contribution in [3.8, 4) is 5.69 Å². The molecule has 0 spiro atoms. The third kappa shape index (κ3) is 5.42. The van der Waals surface area contributed by atoms with Crippen LogP contribution < -0.4 is 11.2 Å². The minimum Gasteiger partial charge on any atom is -0.481 e. The number of hydrogen-bond acceptors (Lipinski definition) is 7. The Kier molecular flexibility index (Phi) is 7.57. The number of benzene rings is 1. The number of nitrogens with zero attached hydrogens (tertiary/aromatic N) is 4. The van der Waals surface area contributed by atoms with Gasteiger partial charge in [0.1, 0.15) is 17.5 Å². The van der Waals surface area contributed by atoms with Gasteiger partial charge in [0.15, 0.2) is 5.17 Å². The SMILES string of the molecule is Cn1c(C(F)(F)F)cc(=O)n(-c2cc(N=C3SC(CC(=O)O)C(=O)N3CC(=O)O)c(Cl)cc2Cl)c1=O. The van der Waals surface area contributed by atoms with E-state index < -0.39 is 59.2 Å². The van der Waals surface area contributed by atoms with E-state index >= 15 is 0 Å². The minimum absolute atomic E-state index is 0.182. The van der Waals surface area contributed by atoms with E-state index in [0.29, 0.717) is 21.2 Å². The first-order valence-corrected chi connectivity index (χ1v) is 11.2. The first kappa shape index (κ1) is 27.3. The number of amides is 1. The van der Waals surface area contributed by atoms with Crippen LogP contribution in [0.25, 0.3) is 5.69 Å². The summed E-state index contributed by atoms with van der Waals surface area (Å²) >= 11 is 12.9. The molecule has 1 amide bonds. The molecule has 2 heterocycles. The molecule has 3 rings (SSSR count). The highest BCUT2D eigenvalue weighted by Crippen LogP contribution is 2.37. The minimum atomic E-state index is -4.99. The van der Waals surface area contributed by atoms with Crippen molar-refractivity contribution in [2.45, 2.75) is 17.8 Å². The van der Waals surface area contributed by atoms with Crippen LogP contribution in [0.1, 0.15) is 12.1 Å². The van der Waals surface area contributed by atoms with Crippen molar-refractivity contribution in [3.63, 3.8) is 0 Å². The Bertz CT molecular complexity index is 1440. The highest BCUT2D eigenvalue weighted by molar-refractivity contribution is 8.15. The van der Waals surface area contributed by atoms with Crippen LogP contribution >= 0.6 is 35.0 Å². The average molecular weight is 569 g/mol. The Labute approximate surface area is 212 Å². The van der Waals surface area contributed by atoms with Crippen molar-refractivity contribution >= 4 is 63.7 Å². The monoisotopic (exact) mass is 568 g/mol. The van der Waals surface area contributed by atoms with Gasteiger partial charge in [0.2, 0.25) is 5.91 Å². The molecule has 1 aromatic carbocycles. The summed E-state index contributed by atoms with van der Waals surface area (Å²) < 4.78 is 40.0. The van der Waals surface area contributed by atoms with Crippen LogP contribution in [0, 0.1) is 0 Å². The number of carboxylic acids is 2. The maximum atomic E-state index is 13.2. The van der Waals surface area contributed by atoms with Gasteiger partial charge in [-0.15, -0.1) is 0 Å². The third-order valence-electron chi connectivity index (χ3n) is 4.76. The number of carbonyl (C=O) groups excluding carboxylic acids is 1. The largest absolute Gasteiger partial charge is 0.481 e.